The number of hydrogen-bond donors (Lipinski definition) is 1. The normalized spacial score (nSPS) is 10.5. The molecule has 0 heterocycles. The highest BCUT2D eigenvalue weighted by atomic mass is 35.5. The molecule has 0 saturated carbocycles. The largest absolute Gasteiger partial charge is 0.380 e. The van der Waals surface area contributed by atoms with Crippen molar-refractivity contribution in [3.8, 4) is 0 Å². The number of ether oxygens (including phenoxy) is 1. The molecule has 0 aliphatic rings. The molecule has 116 valence electrons. The molecule has 22 heavy (non-hydrogen) atoms. The third-order valence-electron chi connectivity index (χ3n) is 2.94. The molecule has 0 saturated heterocycles. The van der Waals surface area contributed by atoms with Crippen molar-refractivity contribution in [1.82, 2.24) is 0 Å². The highest BCUT2D eigenvalue weighted by Crippen LogP contribution is 2.16. The Labute approximate surface area is 140 Å². The van der Waals surface area contributed by atoms with Gasteiger partial charge in [-0.15, -0.1) is 11.8 Å². The van der Waals surface area contributed by atoms with E-state index in [1.807, 2.05) is 48.5 Å². The van der Waals surface area contributed by atoms with Crippen molar-refractivity contribution in [2.45, 2.75) is 12.4 Å². The average Bonchev–Trinajstić information content (AvgIpc) is 2.50. The maximum atomic E-state index is 11.9. The lowest BCUT2D eigenvalue weighted by molar-refractivity contribution is -0.113. The minimum Gasteiger partial charge on any atom is -0.380 e. The van der Waals surface area contributed by atoms with E-state index in [9.17, 15) is 4.79 Å². The molecule has 0 bridgehead atoms. The number of anilines is 1. The number of carbonyl (C=O) groups is 1. The SMILES string of the molecule is COCc1cccc(NC(=O)CSCc2ccc(Cl)cc2)c1. The van der Waals surface area contributed by atoms with Gasteiger partial charge in [0.05, 0.1) is 12.4 Å². The first-order valence-electron chi connectivity index (χ1n) is 6.87. The molecule has 0 spiro atoms. The fraction of sp³-hybridized carbons (Fsp3) is 0.235. The number of benzene rings is 2. The van der Waals surface area contributed by atoms with Crippen LogP contribution in [0, 0.1) is 0 Å². The maximum Gasteiger partial charge on any atom is 0.234 e. The Balaban J connectivity index is 1.78. The van der Waals surface area contributed by atoms with Crippen molar-refractivity contribution in [1.29, 1.82) is 0 Å². The number of rotatable bonds is 7. The first-order valence-corrected chi connectivity index (χ1v) is 8.40. The van der Waals surface area contributed by atoms with Gasteiger partial charge in [0.15, 0.2) is 0 Å². The molecule has 0 aliphatic heterocycles. The number of halogens is 1. The second kappa shape index (κ2) is 8.83. The van der Waals surface area contributed by atoms with Gasteiger partial charge in [0.1, 0.15) is 0 Å². The van der Waals surface area contributed by atoms with E-state index in [4.69, 9.17) is 16.3 Å². The van der Waals surface area contributed by atoms with Crippen LogP contribution in [0.15, 0.2) is 48.5 Å². The lowest BCUT2D eigenvalue weighted by Crippen LogP contribution is -2.14. The van der Waals surface area contributed by atoms with E-state index >= 15 is 0 Å². The van der Waals surface area contributed by atoms with Gasteiger partial charge in [-0.25, -0.2) is 0 Å². The molecule has 3 nitrogen and oxygen atoms in total. The van der Waals surface area contributed by atoms with Crippen LogP contribution in [0.4, 0.5) is 5.69 Å². The van der Waals surface area contributed by atoms with Gasteiger partial charge in [-0.05, 0) is 35.4 Å². The molecule has 0 aromatic heterocycles. The lowest BCUT2D eigenvalue weighted by atomic mass is 10.2. The van der Waals surface area contributed by atoms with Crippen molar-refractivity contribution in [3.05, 3.63) is 64.7 Å². The van der Waals surface area contributed by atoms with E-state index in [2.05, 4.69) is 5.32 Å². The third-order valence-corrected chi connectivity index (χ3v) is 4.19. The van der Waals surface area contributed by atoms with E-state index in [-0.39, 0.29) is 5.91 Å². The number of carbonyl (C=O) groups excluding carboxylic acids is 1. The highest BCUT2D eigenvalue weighted by Gasteiger charge is 2.04. The van der Waals surface area contributed by atoms with Crippen molar-refractivity contribution in [2.24, 2.45) is 0 Å². The standard InChI is InChI=1S/C17H18ClNO2S/c1-21-10-14-3-2-4-16(9-14)19-17(20)12-22-11-13-5-7-15(18)8-6-13/h2-9H,10-12H2,1H3,(H,19,20). The van der Waals surface area contributed by atoms with Crippen LogP contribution >= 0.6 is 23.4 Å². The summed E-state index contributed by atoms with van der Waals surface area (Å²) >= 11 is 7.42. The van der Waals surface area contributed by atoms with Gasteiger partial charge >= 0.3 is 0 Å². The Morgan fingerprint density at radius 1 is 1.18 bits per heavy atom. The molecule has 2 rings (SSSR count). The molecule has 2 aromatic rings. The van der Waals surface area contributed by atoms with Crippen LogP contribution in [-0.4, -0.2) is 18.8 Å². The first-order chi connectivity index (χ1) is 10.7. The van der Waals surface area contributed by atoms with Gasteiger partial charge < -0.3 is 10.1 Å². The Hall–Kier alpha value is -1.49. The van der Waals surface area contributed by atoms with Gasteiger partial charge in [-0.3, -0.25) is 4.79 Å². The smallest absolute Gasteiger partial charge is 0.234 e. The Kier molecular flexibility index (Phi) is 6.77. The molecule has 1 amide bonds. The predicted molar refractivity (Wildman–Crippen MR) is 93.4 cm³/mol. The van der Waals surface area contributed by atoms with E-state index in [1.165, 1.54) is 0 Å². The Morgan fingerprint density at radius 3 is 2.68 bits per heavy atom. The van der Waals surface area contributed by atoms with Crippen LogP contribution in [0.5, 0.6) is 0 Å². The summed E-state index contributed by atoms with van der Waals surface area (Å²) < 4.78 is 5.08. The molecule has 0 atom stereocenters. The van der Waals surface area contributed by atoms with Crippen molar-refractivity contribution in [3.63, 3.8) is 0 Å². The molecular formula is C17H18ClNO2S. The van der Waals surface area contributed by atoms with Crippen molar-refractivity contribution >= 4 is 35.0 Å². The second-order valence-corrected chi connectivity index (χ2v) is 6.22. The maximum absolute atomic E-state index is 11.9. The zero-order valence-electron chi connectivity index (χ0n) is 12.3. The van der Waals surface area contributed by atoms with Crippen LogP contribution < -0.4 is 5.32 Å². The summed E-state index contributed by atoms with van der Waals surface area (Å²) in [4.78, 5) is 11.9. The zero-order valence-corrected chi connectivity index (χ0v) is 13.9. The minimum atomic E-state index is -0.00599. The molecular weight excluding hydrogens is 318 g/mol. The van der Waals surface area contributed by atoms with Crippen molar-refractivity contribution in [2.75, 3.05) is 18.2 Å². The number of hydrogen-bond acceptors (Lipinski definition) is 3. The average molecular weight is 336 g/mol. The van der Waals surface area contributed by atoms with Crippen molar-refractivity contribution < 1.29 is 9.53 Å². The summed E-state index contributed by atoms with van der Waals surface area (Å²) in [7, 11) is 1.65. The van der Waals surface area contributed by atoms with Crippen LogP contribution in [0.25, 0.3) is 0 Å². The summed E-state index contributed by atoms with van der Waals surface area (Å²) in [5.74, 6) is 1.19. The van der Waals surface area contributed by atoms with E-state index in [0.29, 0.717) is 12.4 Å². The molecule has 5 heteroatoms. The summed E-state index contributed by atoms with van der Waals surface area (Å²) in [6.45, 7) is 0.537. The molecule has 0 radical (unpaired) electrons. The molecule has 0 aliphatic carbocycles. The Morgan fingerprint density at radius 2 is 1.95 bits per heavy atom. The van der Waals surface area contributed by atoms with E-state index in [0.717, 1.165) is 27.6 Å². The van der Waals surface area contributed by atoms with E-state index in [1.54, 1.807) is 18.9 Å². The fourth-order valence-electron chi connectivity index (χ4n) is 1.94. The predicted octanol–water partition coefficient (Wildman–Crippen LogP) is 4.36. The van der Waals surface area contributed by atoms with E-state index < -0.39 is 0 Å². The number of nitrogens with one attached hydrogen (secondary N) is 1. The van der Waals surface area contributed by atoms with Gasteiger partial charge in [0, 0.05) is 23.6 Å². The van der Waals surface area contributed by atoms with Gasteiger partial charge in [-0.2, -0.15) is 0 Å². The lowest BCUT2D eigenvalue weighted by Gasteiger charge is -2.07. The molecule has 0 unspecified atom stereocenters. The quantitative estimate of drug-likeness (QED) is 0.817. The van der Waals surface area contributed by atoms with Gasteiger partial charge in [0.2, 0.25) is 5.91 Å². The second-order valence-electron chi connectivity index (χ2n) is 4.80. The van der Waals surface area contributed by atoms with Crippen LogP contribution in [0.2, 0.25) is 5.02 Å². The first kappa shape index (κ1) is 16.9. The Bertz CT molecular complexity index is 616. The zero-order chi connectivity index (χ0) is 15.8. The number of methoxy groups -OCH3 is 1. The summed E-state index contributed by atoms with van der Waals surface area (Å²) in [6, 6.07) is 15.3. The van der Waals surface area contributed by atoms with Crippen LogP contribution in [0.1, 0.15) is 11.1 Å². The molecule has 1 N–H and O–H groups in total. The number of amides is 1. The number of thioether (sulfide) groups is 1. The topological polar surface area (TPSA) is 38.3 Å². The fourth-order valence-corrected chi connectivity index (χ4v) is 2.86. The summed E-state index contributed by atoms with van der Waals surface area (Å²) in [6.07, 6.45) is 0. The monoisotopic (exact) mass is 335 g/mol. The van der Waals surface area contributed by atoms with Crippen LogP contribution in [0.3, 0.4) is 0 Å². The molecule has 2 aromatic carbocycles. The molecule has 0 fully saturated rings. The third kappa shape index (κ3) is 5.72. The summed E-state index contributed by atoms with van der Waals surface area (Å²) in [5, 5.41) is 3.62. The minimum absolute atomic E-state index is 0.00599. The van der Waals surface area contributed by atoms with Gasteiger partial charge in [0.25, 0.3) is 0 Å². The highest BCUT2D eigenvalue weighted by molar-refractivity contribution is 7.99. The van der Waals surface area contributed by atoms with Crippen LogP contribution in [-0.2, 0) is 21.9 Å². The van der Waals surface area contributed by atoms with Gasteiger partial charge in [-0.1, -0.05) is 35.9 Å². The summed E-state index contributed by atoms with van der Waals surface area (Å²) in [5.41, 5.74) is 2.99.